The van der Waals surface area contributed by atoms with Gasteiger partial charge >= 0.3 is 5.97 Å². The minimum atomic E-state index is -0.101. The molecule has 0 aromatic rings. The van der Waals surface area contributed by atoms with Crippen LogP contribution in [-0.4, -0.2) is 13.1 Å². The number of unbranched alkanes of at least 4 members (excludes halogenated alkanes) is 7. The quantitative estimate of drug-likeness (QED) is 0.226. The van der Waals surface area contributed by atoms with Crippen LogP contribution in [0.15, 0.2) is 24.3 Å². The van der Waals surface area contributed by atoms with Crippen LogP contribution in [0.25, 0.3) is 0 Å². The Morgan fingerprint density at radius 2 is 1.81 bits per heavy atom. The summed E-state index contributed by atoms with van der Waals surface area (Å²) in [4.78, 5) is 10.9. The van der Waals surface area contributed by atoms with Gasteiger partial charge in [-0.25, -0.2) is 0 Å². The Morgan fingerprint density at radius 1 is 1.05 bits per heavy atom. The van der Waals surface area contributed by atoms with Gasteiger partial charge in [-0.2, -0.15) is 0 Å². The average Bonchev–Trinajstić information content (AvgIpc) is 2.50. The second-order valence-electron chi connectivity index (χ2n) is 5.09. The van der Waals surface area contributed by atoms with Crippen molar-refractivity contribution >= 4 is 5.97 Å². The highest BCUT2D eigenvalue weighted by Crippen LogP contribution is 2.07. The largest absolute Gasteiger partial charge is 0.469 e. The summed E-state index contributed by atoms with van der Waals surface area (Å²) in [6.07, 6.45) is 18.9. The Labute approximate surface area is 130 Å². The van der Waals surface area contributed by atoms with Crippen molar-refractivity contribution in [1.29, 1.82) is 0 Å². The van der Waals surface area contributed by atoms with Gasteiger partial charge in [-0.1, -0.05) is 69.1 Å². The fraction of sp³-hybridized carbons (Fsp3) is 0.632. The summed E-state index contributed by atoms with van der Waals surface area (Å²) >= 11 is 0. The molecule has 0 fully saturated rings. The number of allylic oxidation sites excluding steroid dienone is 4. The van der Waals surface area contributed by atoms with Crippen molar-refractivity contribution in [1.82, 2.24) is 0 Å². The molecule has 0 atom stereocenters. The van der Waals surface area contributed by atoms with Gasteiger partial charge in [0, 0.05) is 12.8 Å². The second-order valence-corrected chi connectivity index (χ2v) is 5.09. The van der Waals surface area contributed by atoms with Gasteiger partial charge in [0.1, 0.15) is 0 Å². The monoisotopic (exact) mass is 290 g/mol. The molecule has 0 aliphatic heterocycles. The molecule has 0 radical (unpaired) electrons. The van der Waals surface area contributed by atoms with Gasteiger partial charge in [0.15, 0.2) is 0 Å². The number of rotatable bonds is 11. The molecule has 0 rings (SSSR count). The molecule has 0 aromatic carbocycles. The topological polar surface area (TPSA) is 26.3 Å². The summed E-state index contributed by atoms with van der Waals surface area (Å²) < 4.78 is 4.60. The first kappa shape index (κ1) is 19.5. The molecule has 0 unspecified atom stereocenters. The van der Waals surface area contributed by atoms with Crippen LogP contribution in [0.4, 0.5) is 0 Å². The lowest BCUT2D eigenvalue weighted by molar-refractivity contribution is -0.140. The van der Waals surface area contributed by atoms with Gasteiger partial charge in [-0.05, 0) is 25.3 Å². The van der Waals surface area contributed by atoms with Crippen LogP contribution in [-0.2, 0) is 9.53 Å². The van der Waals surface area contributed by atoms with Gasteiger partial charge in [-0.3, -0.25) is 4.79 Å². The van der Waals surface area contributed by atoms with Crippen LogP contribution < -0.4 is 0 Å². The van der Waals surface area contributed by atoms with Crippen molar-refractivity contribution in [3.63, 3.8) is 0 Å². The van der Waals surface area contributed by atoms with E-state index in [9.17, 15) is 4.79 Å². The number of methoxy groups -OCH3 is 1. The van der Waals surface area contributed by atoms with E-state index in [0.717, 1.165) is 32.1 Å². The smallest absolute Gasteiger partial charge is 0.305 e. The van der Waals surface area contributed by atoms with Gasteiger partial charge in [-0.15, -0.1) is 0 Å². The first-order valence-corrected chi connectivity index (χ1v) is 8.18. The Hall–Kier alpha value is -1.49. The summed E-state index contributed by atoms with van der Waals surface area (Å²) in [6, 6.07) is 0. The molecule has 0 heterocycles. The second kappa shape index (κ2) is 16.6. The maximum atomic E-state index is 10.9. The fourth-order valence-corrected chi connectivity index (χ4v) is 1.85. The van der Waals surface area contributed by atoms with E-state index in [1.54, 1.807) is 0 Å². The molecule has 0 saturated heterocycles. The van der Waals surface area contributed by atoms with Crippen molar-refractivity contribution in [2.24, 2.45) is 0 Å². The molecule has 2 nitrogen and oxygen atoms in total. The highest BCUT2D eigenvalue weighted by Gasteiger charge is 1.98. The summed E-state index contributed by atoms with van der Waals surface area (Å²) in [6.45, 7) is 2.20. The minimum Gasteiger partial charge on any atom is -0.469 e. The molecule has 0 aliphatic carbocycles. The number of carbonyl (C=O) groups is 1. The molecule has 0 saturated carbocycles. The first-order chi connectivity index (χ1) is 10.3. The number of esters is 1. The maximum Gasteiger partial charge on any atom is 0.305 e. The van der Waals surface area contributed by atoms with E-state index in [1.165, 1.54) is 32.8 Å². The van der Waals surface area contributed by atoms with Crippen molar-refractivity contribution in [2.75, 3.05) is 7.11 Å². The predicted octanol–water partition coefficient (Wildman–Crippen LogP) is 5.20. The number of hydrogen-bond acceptors (Lipinski definition) is 2. The van der Waals surface area contributed by atoms with Crippen molar-refractivity contribution in [2.45, 2.75) is 71.1 Å². The zero-order valence-electron chi connectivity index (χ0n) is 13.7. The third-order valence-corrected chi connectivity index (χ3v) is 3.16. The van der Waals surface area contributed by atoms with E-state index in [2.05, 4.69) is 35.7 Å². The molecule has 118 valence electrons. The van der Waals surface area contributed by atoms with Crippen LogP contribution in [0.2, 0.25) is 0 Å². The highest BCUT2D eigenvalue weighted by atomic mass is 16.5. The SMILES string of the molecule is CCCC/C=C/C=C/C#CCCCCCCCC(=O)OC. The van der Waals surface area contributed by atoms with Gasteiger partial charge in [0.05, 0.1) is 7.11 Å². The molecular weight excluding hydrogens is 260 g/mol. The molecule has 0 spiro atoms. The van der Waals surface area contributed by atoms with Gasteiger partial charge in [0.25, 0.3) is 0 Å². The number of hydrogen-bond donors (Lipinski definition) is 0. The Morgan fingerprint density at radius 3 is 2.57 bits per heavy atom. The maximum absolute atomic E-state index is 10.9. The Balaban J connectivity index is 3.35. The first-order valence-electron chi connectivity index (χ1n) is 8.18. The van der Waals surface area contributed by atoms with E-state index >= 15 is 0 Å². The average molecular weight is 290 g/mol. The minimum absolute atomic E-state index is 0.101. The zero-order valence-corrected chi connectivity index (χ0v) is 13.7. The van der Waals surface area contributed by atoms with Gasteiger partial charge in [0.2, 0.25) is 0 Å². The van der Waals surface area contributed by atoms with E-state index in [-0.39, 0.29) is 5.97 Å². The molecule has 0 N–H and O–H groups in total. The Bertz CT molecular complexity index is 355. The molecule has 0 aromatic heterocycles. The van der Waals surface area contributed by atoms with E-state index in [0.29, 0.717) is 6.42 Å². The molecule has 0 aliphatic rings. The zero-order chi connectivity index (χ0) is 15.6. The van der Waals surface area contributed by atoms with Crippen molar-refractivity contribution in [3.8, 4) is 11.8 Å². The van der Waals surface area contributed by atoms with E-state index < -0.39 is 0 Å². The van der Waals surface area contributed by atoms with Crippen molar-refractivity contribution in [3.05, 3.63) is 24.3 Å². The predicted molar refractivity (Wildman–Crippen MR) is 89.9 cm³/mol. The molecule has 21 heavy (non-hydrogen) atoms. The van der Waals surface area contributed by atoms with E-state index in [4.69, 9.17) is 0 Å². The van der Waals surface area contributed by atoms with Crippen LogP contribution in [0.1, 0.15) is 71.1 Å². The highest BCUT2D eigenvalue weighted by molar-refractivity contribution is 5.68. The van der Waals surface area contributed by atoms with Crippen LogP contribution >= 0.6 is 0 Å². The van der Waals surface area contributed by atoms with Crippen LogP contribution in [0.5, 0.6) is 0 Å². The lowest BCUT2D eigenvalue weighted by Crippen LogP contribution is -1.99. The lowest BCUT2D eigenvalue weighted by Gasteiger charge is -1.99. The van der Waals surface area contributed by atoms with Gasteiger partial charge < -0.3 is 4.74 Å². The standard InChI is InChI=1S/C19H30O2/c1-3-4-5-6-7-8-9-10-11-12-13-14-15-16-17-18-19(20)21-2/h6-9H,3-5,12-18H2,1-2H3/b7-6+,9-8+. The molecule has 2 heteroatoms. The summed E-state index contributed by atoms with van der Waals surface area (Å²) in [7, 11) is 1.44. The number of carbonyl (C=O) groups excluding carboxylic acids is 1. The summed E-state index contributed by atoms with van der Waals surface area (Å²) in [5.74, 6) is 6.12. The normalized spacial score (nSPS) is 10.8. The number of ether oxygens (including phenoxy) is 1. The summed E-state index contributed by atoms with van der Waals surface area (Å²) in [5.41, 5.74) is 0. The summed E-state index contributed by atoms with van der Waals surface area (Å²) in [5, 5.41) is 0. The van der Waals surface area contributed by atoms with Crippen LogP contribution in [0, 0.1) is 11.8 Å². The van der Waals surface area contributed by atoms with Crippen molar-refractivity contribution < 1.29 is 9.53 Å². The van der Waals surface area contributed by atoms with E-state index in [1.807, 2.05) is 12.2 Å². The molecule has 0 amide bonds. The lowest BCUT2D eigenvalue weighted by atomic mass is 10.1. The Kier molecular flexibility index (Phi) is 15.4. The third kappa shape index (κ3) is 16.5. The molecular formula is C19H30O2. The third-order valence-electron chi connectivity index (χ3n) is 3.16. The fourth-order valence-electron chi connectivity index (χ4n) is 1.85. The van der Waals surface area contributed by atoms with Crippen LogP contribution in [0.3, 0.4) is 0 Å². The molecule has 0 bridgehead atoms.